The predicted molar refractivity (Wildman–Crippen MR) is 82.1 cm³/mol. The van der Waals surface area contributed by atoms with Gasteiger partial charge in [0.1, 0.15) is 0 Å². The number of likely N-dealkylation sites (tertiary alicyclic amines) is 1. The van der Waals surface area contributed by atoms with E-state index in [4.69, 9.17) is 5.73 Å². The van der Waals surface area contributed by atoms with E-state index in [0.717, 1.165) is 18.4 Å². The lowest BCUT2D eigenvalue weighted by Gasteiger charge is -2.38. The van der Waals surface area contributed by atoms with E-state index < -0.39 is 0 Å². The second-order valence-electron chi connectivity index (χ2n) is 6.28. The molecule has 19 heavy (non-hydrogen) atoms. The molecule has 1 atom stereocenters. The Morgan fingerprint density at radius 2 is 1.95 bits per heavy atom. The van der Waals surface area contributed by atoms with Gasteiger partial charge in [-0.15, -0.1) is 0 Å². The standard InChI is InChI=1S/C17H28N2/c1-13(2)15-7-9-19(10-8-15)17(12-18)16-6-4-5-14(3)11-16/h4-6,11,13,15,17H,7-10,12,18H2,1-3H3. The van der Waals surface area contributed by atoms with Crippen LogP contribution in [0.1, 0.15) is 43.9 Å². The SMILES string of the molecule is Cc1cccc(C(CN)N2CCC(C(C)C)CC2)c1. The first-order chi connectivity index (χ1) is 9.11. The van der Waals surface area contributed by atoms with Crippen LogP contribution >= 0.6 is 0 Å². The molecular formula is C17H28N2. The maximum Gasteiger partial charge on any atom is 0.0470 e. The first kappa shape index (κ1) is 14.5. The van der Waals surface area contributed by atoms with Crippen LogP contribution in [0, 0.1) is 18.8 Å². The van der Waals surface area contributed by atoms with Crippen LogP contribution in [0.25, 0.3) is 0 Å². The van der Waals surface area contributed by atoms with E-state index >= 15 is 0 Å². The molecule has 0 bridgehead atoms. The Morgan fingerprint density at radius 3 is 2.47 bits per heavy atom. The Balaban J connectivity index is 2.03. The summed E-state index contributed by atoms with van der Waals surface area (Å²) in [6.45, 7) is 9.96. The molecule has 0 saturated carbocycles. The Hall–Kier alpha value is -0.860. The van der Waals surface area contributed by atoms with Crippen molar-refractivity contribution < 1.29 is 0 Å². The van der Waals surface area contributed by atoms with Crippen molar-refractivity contribution in [1.82, 2.24) is 4.90 Å². The number of aryl methyl sites for hydroxylation is 1. The summed E-state index contributed by atoms with van der Waals surface area (Å²) >= 11 is 0. The zero-order chi connectivity index (χ0) is 13.8. The van der Waals surface area contributed by atoms with Gasteiger partial charge in [0.25, 0.3) is 0 Å². The van der Waals surface area contributed by atoms with Crippen molar-refractivity contribution in [3.63, 3.8) is 0 Å². The first-order valence-corrected chi connectivity index (χ1v) is 7.62. The number of hydrogen-bond acceptors (Lipinski definition) is 2. The minimum atomic E-state index is 0.396. The third-order valence-corrected chi connectivity index (χ3v) is 4.61. The first-order valence-electron chi connectivity index (χ1n) is 7.62. The molecule has 1 saturated heterocycles. The van der Waals surface area contributed by atoms with Gasteiger partial charge in [0.15, 0.2) is 0 Å². The highest BCUT2D eigenvalue weighted by atomic mass is 15.2. The molecule has 1 aromatic carbocycles. The maximum absolute atomic E-state index is 6.04. The summed E-state index contributed by atoms with van der Waals surface area (Å²) in [5, 5.41) is 0. The van der Waals surface area contributed by atoms with Gasteiger partial charge in [0, 0.05) is 12.6 Å². The lowest BCUT2D eigenvalue weighted by molar-refractivity contribution is 0.117. The van der Waals surface area contributed by atoms with Gasteiger partial charge in [-0.05, 0) is 50.3 Å². The topological polar surface area (TPSA) is 29.3 Å². The summed E-state index contributed by atoms with van der Waals surface area (Å²) in [6, 6.07) is 9.20. The van der Waals surface area contributed by atoms with Gasteiger partial charge in [-0.1, -0.05) is 43.7 Å². The normalized spacial score (nSPS) is 19.8. The predicted octanol–water partition coefficient (Wildman–Crippen LogP) is 3.36. The Labute approximate surface area is 118 Å². The summed E-state index contributed by atoms with van der Waals surface area (Å²) < 4.78 is 0. The molecule has 1 aliphatic rings. The van der Waals surface area contributed by atoms with Gasteiger partial charge in [-0.25, -0.2) is 0 Å². The number of benzene rings is 1. The summed E-state index contributed by atoms with van der Waals surface area (Å²) in [5.41, 5.74) is 8.75. The number of hydrogen-bond donors (Lipinski definition) is 1. The average Bonchev–Trinajstić information content (AvgIpc) is 2.40. The molecule has 1 unspecified atom stereocenters. The van der Waals surface area contributed by atoms with Crippen LogP contribution in [0.3, 0.4) is 0 Å². The molecule has 1 heterocycles. The molecule has 0 amide bonds. The van der Waals surface area contributed by atoms with Crippen molar-refractivity contribution in [2.75, 3.05) is 19.6 Å². The Kier molecular flexibility index (Phi) is 5.00. The monoisotopic (exact) mass is 260 g/mol. The van der Waals surface area contributed by atoms with Crippen LogP contribution in [-0.2, 0) is 0 Å². The molecule has 106 valence electrons. The third kappa shape index (κ3) is 3.58. The van der Waals surface area contributed by atoms with Crippen molar-refractivity contribution in [2.24, 2.45) is 17.6 Å². The number of nitrogens with two attached hydrogens (primary N) is 1. The van der Waals surface area contributed by atoms with Gasteiger partial charge in [-0.3, -0.25) is 4.90 Å². The minimum Gasteiger partial charge on any atom is -0.329 e. The fraction of sp³-hybridized carbons (Fsp3) is 0.647. The summed E-state index contributed by atoms with van der Waals surface area (Å²) in [7, 11) is 0. The van der Waals surface area contributed by atoms with Crippen LogP contribution in [0.5, 0.6) is 0 Å². The molecule has 0 aliphatic carbocycles. The van der Waals surface area contributed by atoms with Crippen molar-refractivity contribution in [3.8, 4) is 0 Å². The Morgan fingerprint density at radius 1 is 1.26 bits per heavy atom. The maximum atomic E-state index is 6.04. The van der Waals surface area contributed by atoms with Crippen LogP contribution < -0.4 is 5.73 Å². The summed E-state index contributed by atoms with van der Waals surface area (Å²) in [6.07, 6.45) is 2.64. The van der Waals surface area contributed by atoms with E-state index in [1.807, 2.05) is 0 Å². The fourth-order valence-electron chi connectivity index (χ4n) is 3.27. The smallest absolute Gasteiger partial charge is 0.0470 e. The fourth-order valence-corrected chi connectivity index (χ4v) is 3.27. The highest BCUT2D eigenvalue weighted by molar-refractivity contribution is 5.25. The Bertz CT molecular complexity index is 392. The van der Waals surface area contributed by atoms with Crippen LogP contribution in [0.15, 0.2) is 24.3 Å². The third-order valence-electron chi connectivity index (χ3n) is 4.61. The van der Waals surface area contributed by atoms with Crippen LogP contribution in [0.4, 0.5) is 0 Å². The second-order valence-corrected chi connectivity index (χ2v) is 6.28. The van der Waals surface area contributed by atoms with Gasteiger partial charge in [0.05, 0.1) is 0 Å². The molecule has 1 aromatic rings. The highest BCUT2D eigenvalue weighted by Crippen LogP contribution is 2.29. The highest BCUT2D eigenvalue weighted by Gasteiger charge is 2.26. The van der Waals surface area contributed by atoms with Gasteiger partial charge < -0.3 is 5.73 Å². The number of nitrogens with zero attached hydrogens (tertiary/aromatic N) is 1. The number of piperidine rings is 1. The quantitative estimate of drug-likeness (QED) is 0.899. The molecule has 2 nitrogen and oxygen atoms in total. The molecule has 1 aliphatic heterocycles. The zero-order valence-corrected chi connectivity index (χ0v) is 12.6. The molecule has 2 rings (SSSR count). The molecule has 1 fully saturated rings. The molecule has 2 heteroatoms. The average molecular weight is 260 g/mol. The van der Waals surface area contributed by atoms with Crippen molar-refractivity contribution in [1.29, 1.82) is 0 Å². The van der Waals surface area contributed by atoms with Gasteiger partial charge >= 0.3 is 0 Å². The number of rotatable bonds is 4. The van der Waals surface area contributed by atoms with E-state index in [1.54, 1.807) is 0 Å². The molecule has 0 spiro atoms. The van der Waals surface area contributed by atoms with E-state index in [9.17, 15) is 0 Å². The van der Waals surface area contributed by atoms with E-state index in [1.165, 1.54) is 37.1 Å². The minimum absolute atomic E-state index is 0.396. The largest absolute Gasteiger partial charge is 0.329 e. The molecular weight excluding hydrogens is 232 g/mol. The van der Waals surface area contributed by atoms with Crippen LogP contribution in [-0.4, -0.2) is 24.5 Å². The molecule has 0 radical (unpaired) electrons. The van der Waals surface area contributed by atoms with Crippen molar-refractivity contribution >= 4 is 0 Å². The zero-order valence-electron chi connectivity index (χ0n) is 12.6. The van der Waals surface area contributed by atoms with E-state index in [0.29, 0.717) is 6.04 Å². The van der Waals surface area contributed by atoms with Crippen molar-refractivity contribution in [2.45, 2.75) is 39.7 Å². The van der Waals surface area contributed by atoms with Gasteiger partial charge in [0.2, 0.25) is 0 Å². The summed E-state index contributed by atoms with van der Waals surface area (Å²) in [5.74, 6) is 1.71. The lowest BCUT2D eigenvalue weighted by atomic mass is 9.86. The van der Waals surface area contributed by atoms with E-state index in [2.05, 4.69) is 49.9 Å². The van der Waals surface area contributed by atoms with Crippen LogP contribution in [0.2, 0.25) is 0 Å². The van der Waals surface area contributed by atoms with E-state index in [-0.39, 0.29) is 0 Å². The lowest BCUT2D eigenvalue weighted by Crippen LogP contribution is -2.40. The molecule has 0 aromatic heterocycles. The van der Waals surface area contributed by atoms with Gasteiger partial charge in [-0.2, -0.15) is 0 Å². The summed E-state index contributed by atoms with van der Waals surface area (Å²) in [4.78, 5) is 2.58. The molecule has 2 N–H and O–H groups in total. The van der Waals surface area contributed by atoms with Crippen molar-refractivity contribution in [3.05, 3.63) is 35.4 Å². The second kappa shape index (κ2) is 6.53.